The highest BCUT2D eigenvalue weighted by molar-refractivity contribution is 7.16. The summed E-state index contributed by atoms with van der Waals surface area (Å²) in [5, 5.41) is 12.6. The average molecular weight is 332 g/mol. The maximum atomic E-state index is 9.50. The number of nitriles is 1. The molecule has 0 amide bonds. The van der Waals surface area contributed by atoms with Crippen LogP contribution in [-0.2, 0) is 12.8 Å². The fraction of sp³-hybridized carbons (Fsp3) is 0.200. The van der Waals surface area contributed by atoms with Crippen molar-refractivity contribution < 1.29 is 4.74 Å². The third-order valence-corrected chi connectivity index (χ3v) is 5.68. The zero-order chi connectivity index (χ0) is 16.5. The van der Waals surface area contributed by atoms with Crippen LogP contribution in [0.4, 0.5) is 5.00 Å². The van der Waals surface area contributed by atoms with Crippen LogP contribution in [0.3, 0.4) is 0 Å². The minimum atomic E-state index is 0.753. The molecule has 118 valence electrons. The summed E-state index contributed by atoms with van der Waals surface area (Å²) >= 11 is 1.65. The number of nitrogens with zero attached hydrogens (tertiary/aromatic N) is 2. The molecule has 1 aromatic heterocycles. The van der Waals surface area contributed by atoms with E-state index in [9.17, 15) is 5.26 Å². The number of aliphatic imine (C=N–C) groups is 1. The van der Waals surface area contributed by atoms with Crippen molar-refractivity contribution in [2.75, 3.05) is 7.11 Å². The number of hydrogen-bond acceptors (Lipinski definition) is 4. The molecule has 0 spiro atoms. The van der Waals surface area contributed by atoms with Gasteiger partial charge in [-0.15, -0.1) is 11.3 Å². The number of fused-ring (bicyclic) bond motifs is 2. The van der Waals surface area contributed by atoms with E-state index in [1.54, 1.807) is 18.4 Å². The first-order valence-electron chi connectivity index (χ1n) is 7.96. The van der Waals surface area contributed by atoms with Crippen LogP contribution < -0.4 is 4.74 Å². The Bertz CT molecular complexity index is 995. The van der Waals surface area contributed by atoms with E-state index >= 15 is 0 Å². The number of ether oxygens (including phenoxy) is 1. The molecule has 1 aliphatic carbocycles. The molecule has 0 radical (unpaired) electrons. The summed E-state index contributed by atoms with van der Waals surface area (Å²) in [4.78, 5) is 5.98. The molecule has 3 nitrogen and oxygen atoms in total. The maximum Gasteiger partial charge on any atom is 0.134 e. The first-order valence-corrected chi connectivity index (χ1v) is 8.78. The zero-order valence-electron chi connectivity index (χ0n) is 13.4. The Labute approximate surface area is 144 Å². The lowest BCUT2D eigenvalue weighted by molar-refractivity contribution is 0.415. The summed E-state index contributed by atoms with van der Waals surface area (Å²) in [5.74, 6) is 0.792. The summed E-state index contributed by atoms with van der Waals surface area (Å²) in [6, 6.07) is 14.5. The van der Waals surface area contributed by atoms with Gasteiger partial charge in [0, 0.05) is 16.7 Å². The standard InChI is InChI=1S/C20H16N2OS/c1-23-18-10-9-13-5-2-3-6-14(13)17(18)12-22-20-16(11-21)15-7-4-8-19(15)24-20/h2-3,5-6,9-10,12H,4,7-8H2,1H3. The van der Waals surface area contributed by atoms with Crippen molar-refractivity contribution in [2.45, 2.75) is 19.3 Å². The van der Waals surface area contributed by atoms with Crippen LogP contribution in [0.1, 0.15) is 28.0 Å². The number of thiophene rings is 1. The third-order valence-electron chi connectivity index (χ3n) is 4.48. The van der Waals surface area contributed by atoms with Crippen LogP contribution >= 0.6 is 11.3 Å². The topological polar surface area (TPSA) is 45.4 Å². The Morgan fingerprint density at radius 1 is 1.21 bits per heavy atom. The third kappa shape index (κ3) is 2.38. The molecule has 0 saturated heterocycles. The minimum absolute atomic E-state index is 0.753. The molecule has 24 heavy (non-hydrogen) atoms. The number of aryl methyl sites for hydroxylation is 1. The number of methoxy groups -OCH3 is 1. The monoisotopic (exact) mass is 332 g/mol. The van der Waals surface area contributed by atoms with Crippen molar-refractivity contribution in [1.82, 2.24) is 0 Å². The molecule has 0 aliphatic heterocycles. The van der Waals surface area contributed by atoms with Gasteiger partial charge in [-0.25, -0.2) is 4.99 Å². The van der Waals surface area contributed by atoms with Crippen LogP contribution in [0.5, 0.6) is 5.75 Å². The van der Waals surface area contributed by atoms with Gasteiger partial charge in [0.05, 0.1) is 12.7 Å². The smallest absolute Gasteiger partial charge is 0.134 e. The number of benzene rings is 2. The van der Waals surface area contributed by atoms with Crippen molar-refractivity contribution in [3.8, 4) is 11.8 Å². The van der Waals surface area contributed by atoms with Gasteiger partial charge in [-0.3, -0.25) is 0 Å². The highest BCUT2D eigenvalue weighted by Crippen LogP contribution is 2.40. The van der Waals surface area contributed by atoms with E-state index in [0.717, 1.165) is 51.9 Å². The molecule has 0 saturated carbocycles. The SMILES string of the molecule is COc1ccc2ccccc2c1C=Nc1sc2c(c1C#N)CCC2. The van der Waals surface area contributed by atoms with Crippen LogP contribution in [0.15, 0.2) is 41.4 Å². The van der Waals surface area contributed by atoms with Gasteiger partial charge in [0.15, 0.2) is 0 Å². The van der Waals surface area contributed by atoms with Crippen molar-refractivity contribution >= 4 is 33.3 Å². The molecule has 0 fully saturated rings. The van der Waals surface area contributed by atoms with Crippen LogP contribution in [-0.4, -0.2) is 13.3 Å². The summed E-state index contributed by atoms with van der Waals surface area (Å²) in [6.07, 6.45) is 5.06. The maximum absolute atomic E-state index is 9.50. The Balaban J connectivity index is 1.83. The second-order valence-electron chi connectivity index (χ2n) is 5.81. The molecular formula is C20H16N2OS. The molecule has 0 atom stereocenters. The predicted octanol–water partition coefficient (Wildman–Crippen LogP) is 5.02. The molecule has 0 unspecified atom stereocenters. The van der Waals surface area contributed by atoms with Gasteiger partial charge in [0.1, 0.15) is 16.8 Å². The van der Waals surface area contributed by atoms with Gasteiger partial charge in [0.25, 0.3) is 0 Å². The van der Waals surface area contributed by atoms with Gasteiger partial charge >= 0.3 is 0 Å². The van der Waals surface area contributed by atoms with E-state index < -0.39 is 0 Å². The first-order chi connectivity index (χ1) is 11.8. The van der Waals surface area contributed by atoms with E-state index in [1.165, 1.54) is 10.4 Å². The van der Waals surface area contributed by atoms with Gasteiger partial charge < -0.3 is 4.74 Å². The Morgan fingerprint density at radius 3 is 2.92 bits per heavy atom. The second kappa shape index (κ2) is 6.10. The molecule has 1 aliphatic rings. The molecule has 3 aromatic rings. The van der Waals surface area contributed by atoms with Gasteiger partial charge in [0.2, 0.25) is 0 Å². The molecule has 0 bridgehead atoms. The van der Waals surface area contributed by atoms with Crippen molar-refractivity contribution in [3.05, 3.63) is 58.0 Å². The van der Waals surface area contributed by atoms with Crippen LogP contribution in [0.25, 0.3) is 10.8 Å². The summed E-state index contributed by atoms with van der Waals surface area (Å²) in [5.41, 5.74) is 2.91. The molecule has 4 heteroatoms. The van der Waals surface area contributed by atoms with Gasteiger partial charge in [-0.05, 0) is 41.7 Å². The Morgan fingerprint density at radius 2 is 2.08 bits per heavy atom. The molecule has 4 rings (SSSR count). The van der Waals surface area contributed by atoms with E-state index in [2.05, 4.69) is 23.2 Å². The Kier molecular flexibility index (Phi) is 3.79. The highest BCUT2D eigenvalue weighted by Gasteiger charge is 2.21. The zero-order valence-corrected chi connectivity index (χ0v) is 14.2. The first kappa shape index (κ1) is 14.9. The van der Waals surface area contributed by atoms with E-state index in [1.807, 2.05) is 30.5 Å². The lowest BCUT2D eigenvalue weighted by Gasteiger charge is -2.08. The van der Waals surface area contributed by atoms with Gasteiger partial charge in [-0.1, -0.05) is 30.3 Å². The summed E-state index contributed by atoms with van der Waals surface area (Å²) < 4.78 is 5.51. The quantitative estimate of drug-likeness (QED) is 0.632. The normalized spacial score (nSPS) is 13.3. The van der Waals surface area contributed by atoms with Crippen molar-refractivity contribution in [1.29, 1.82) is 5.26 Å². The van der Waals surface area contributed by atoms with Gasteiger partial charge in [-0.2, -0.15) is 5.26 Å². The van der Waals surface area contributed by atoms with Crippen LogP contribution in [0, 0.1) is 11.3 Å². The molecule has 1 heterocycles. The lowest BCUT2D eigenvalue weighted by Crippen LogP contribution is -1.92. The number of rotatable bonds is 3. The highest BCUT2D eigenvalue weighted by atomic mass is 32.1. The van der Waals surface area contributed by atoms with Crippen molar-refractivity contribution in [2.24, 2.45) is 4.99 Å². The van der Waals surface area contributed by atoms with Crippen LogP contribution in [0.2, 0.25) is 0 Å². The molecular weight excluding hydrogens is 316 g/mol. The summed E-state index contributed by atoms with van der Waals surface area (Å²) in [6.45, 7) is 0. The second-order valence-corrected chi connectivity index (χ2v) is 6.89. The minimum Gasteiger partial charge on any atom is -0.496 e. The summed E-state index contributed by atoms with van der Waals surface area (Å²) in [7, 11) is 1.67. The Hall–Kier alpha value is -2.64. The molecule has 0 N–H and O–H groups in total. The van der Waals surface area contributed by atoms with E-state index in [-0.39, 0.29) is 0 Å². The molecule has 2 aromatic carbocycles. The fourth-order valence-electron chi connectivity index (χ4n) is 3.31. The average Bonchev–Trinajstić information content (AvgIpc) is 3.19. The van der Waals surface area contributed by atoms with E-state index in [4.69, 9.17) is 4.74 Å². The number of hydrogen-bond donors (Lipinski definition) is 0. The predicted molar refractivity (Wildman–Crippen MR) is 98.8 cm³/mol. The van der Waals surface area contributed by atoms with Crippen molar-refractivity contribution in [3.63, 3.8) is 0 Å². The largest absolute Gasteiger partial charge is 0.496 e. The lowest BCUT2D eigenvalue weighted by atomic mass is 10.0. The van der Waals surface area contributed by atoms with E-state index in [0.29, 0.717) is 0 Å². The fourth-order valence-corrected chi connectivity index (χ4v) is 4.49.